The number of benzene rings is 1. The number of carbonyl (C=O) groups is 1. The zero-order valence-corrected chi connectivity index (χ0v) is 21.2. The van der Waals surface area contributed by atoms with Crippen molar-refractivity contribution in [2.75, 3.05) is 7.11 Å². The molecule has 1 rings (SSSR count). The first-order chi connectivity index (χ1) is 13.2. The molecule has 1 aromatic rings. The van der Waals surface area contributed by atoms with Crippen LogP contribution in [0.4, 0.5) is 0 Å². The summed E-state index contributed by atoms with van der Waals surface area (Å²) < 4.78 is 23.4. The van der Waals surface area contributed by atoms with Crippen LogP contribution in [0.3, 0.4) is 0 Å². The summed E-state index contributed by atoms with van der Waals surface area (Å²) in [6, 6.07) is 7.77. The van der Waals surface area contributed by atoms with Crippen molar-refractivity contribution in [1.29, 1.82) is 0 Å². The number of hydrogen-bond donors (Lipinski definition) is 1. The van der Waals surface area contributed by atoms with Gasteiger partial charge < -0.3 is 24.1 Å². The van der Waals surface area contributed by atoms with Crippen molar-refractivity contribution >= 4 is 25.4 Å². The van der Waals surface area contributed by atoms with Crippen LogP contribution in [0, 0.1) is 17.3 Å². The molecule has 0 aromatic heterocycles. The molecule has 8 heteroatoms. The smallest absolute Gasteiger partial charge is 0.220 e. The molecular weight excluding hydrogens is 390 g/mol. The molecule has 0 unspecified atom stereocenters. The third-order valence-electron chi connectivity index (χ3n) is 5.27. The molecule has 160 valence electrons. The summed E-state index contributed by atoms with van der Waals surface area (Å²) in [7, 11) is 0.313. The highest BCUT2D eigenvalue weighted by molar-refractivity contribution is 6.26. The minimum atomic E-state index is -0.665. The van der Waals surface area contributed by atoms with Crippen LogP contribution in [0.25, 0.3) is 0 Å². The third-order valence-corrected chi connectivity index (χ3v) is 6.54. The van der Waals surface area contributed by atoms with Crippen LogP contribution in [0.2, 0.25) is 13.1 Å². The van der Waals surface area contributed by atoms with Crippen LogP contribution in [0.5, 0.6) is 5.75 Å². The van der Waals surface area contributed by atoms with Gasteiger partial charge in [0.1, 0.15) is 12.0 Å². The Labute approximate surface area is 174 Å². The maximum Gasteiger partial charge on any atom is 0.220 e. The number of hydrogen-bond acceptors (Lipinski definition) is 5. The standard InChI is InChI=1S/C20H37NO5Si2/c1-13(18(21)22)17(20(3,4)19(25-27-6)26-28-7)14(2)24-12-15-8-10-16(23-5)11-9-15/h8-11,13-14,17,19H,12,27-28H2,1-7H3,(H2,21,22)/t13-,14-,17+/m0/s1. The monoisotopic (exact) mass is 427 g/mol. The third kappa shape index (κ3) is 6.70. The molecule has 0 fully saturated rings. The fourth-order valence-corrected chi connectivity index (χ4v) is 5.67. The fraction of sp³-hybridized carbons (Fsp3) is 0.650. The van der Waals surface area contributed by atoms with Crippen LogP contribution >= 0.6 is 0 Å². The van der Waals surface area contributed by atoms with Crippen molar-refractivity contribution in [3.63, 3.8) is 0 Å². The molecule has 1 aromatic carbocycles. The first-order valence-corrected chi connectivity index (χ1v) is 13.9. The molecule has 0 bridgehead atoms. The van der Waals surface area contributed by atoms with E-state index in [0.29, 0.717) is 6.61 Å². The molecule has 0 radical (unpaired) electrons. The minimum Gasteiger partial charge on any atom is -0.497 e. The summed E-state index contributed by atoms with van der Waals surface area (Å²) in [4.78, 5) is 12.1. The first-order valence-electron chi connectivity index (χ1n) is 9.95. The van der Waals surface area contributed by atoms with E-state index in [-0.39, 0.29) is 30.1 Å². The van der Waals surface area contributed by atoms with Crippen molar-refractivity contribution in [2.24, 2.45) is 23.0 Å². The first kappa shape index (κ1) is 24.8. The number of methoxy groups -OCH3 is 1. The maximum absolute atomic E-state index is 12.1. The number of primary amides is 1. The largest absolute Gasteiger partial charge is 0.497 e. The van der Waals surface area contributed by atoms with Crippen LogP contribution in [-0.4, -0.2) is 44.9 Å². The lowest BCUT2D eigenvalue weighted by Crippen LogP contribution is -2.50. The zero-order chi connectivity index (χ0) is 21.3. The molecule has 0 heterocycles. The van der Waals surface area contributed by atoms with Gasteiger partial charge in [-0.15, -0.1) is 0 Å². The average molecular weight is 428 g/mol. The van der Waals surface area contributed by atoms with E-state index in [0.717, 1.165) is 11.3 Å². The van der Waals surface area contributed by atoms with E-state index < -0.39 is 24.9 Å². The number of amides is 1. The van der Waals surface area contributed by atoms with Gasteiger partial charge in [0.2, 0.25) is 5.91 Å². The second kappa shape index (κ2) is 11.7. The Morgan fingerprint density at radius 1 is 1.11 bits per heavy atom. The van der Waals surface area contributed by atoms with Gasteiger partial charge in [-0.05, 0) is 24.6 Å². The Kier molecular flexibility index (Phi) is 10.4. The van der Waals surface area contributed by atoms with Crippen molar-refractivity contribution < 1.29 is 23.1 Å². The number of carbonyl (C=O) groups excluding carboxylic acids is 1. The summed E-state index contributed by atoms with van der Waals surface area (Å²) in [6.45, 7) is 12.7. The Hall–Kier alpha value is -1.20. The summed E-state index contributed by atoms with van der Waals surface area (Å²) in [6.07, 6.45) is -0.536. The second-order valence-electron chi connectivity index (χ2n) is 7.65. The molecule has 0 saturated heterocycles. The van der Waals surface area contributed by atoms with E-state index in [4.69, 9.17) is 24.1 Å². The van der Waals surface area contributed by atoms with E-state index in [1.165, 1.54) is 0 Å². The highest BCUT2D eigenvalue weighted by Gasteiger charge is 2.45. The number of ether oxygens (including phenoxy) is 2. The van der Waals surface area contributed by atoms with Crippen LogP contribution in [0.1, 0.15) is 33.3 Å². The van der Waals surface area contributed by atoms with Gasteiger partial charge in [0.15, 0.2) is 19.5 Å². The second-order valence-corrected chi connectivity index (χ2v) is 9.47. The normalized spacial score (nSPS) is 17.1. The van der Waals surface area contributed by atoms with Gasteiger partial charge in [-0.1, -0.05) is 46.0 Å². The highest BCUT2D eigenvalue weighted by Crippen LogP contribution is 2.41. The molecule has 0 saturated carbocycles. The van der Waals surface area contributed by atoms with E-state index in [1.54, 1.807) is 7.11 Å². The summed E-state index contributed by atoms with van der Waals surface area (Å²) in [5.41, 5.74) is 6.31. The fourth-order valence-electron chi connectivity index (χ4n) is 3.82. The van der Waals surface area contributed by atoms with Crippen LogP contribution in [0.15, 0.2) is 24.3 Å². The van der Waals surface area contributed by atoms with Crippen LogP contribution in [-0.2, 0) is 25.0 Å². The number of rotatable bonds is 13. The van der Waals surface area contributed by atoms with Gasteiger partial charge in [0, 0.05) is 17.3 Å². The van der Waals surface area contributed by atoms with Crippen molar-refractivity contribution in [2.45, 2.75) is 59.8 Å². The molecule has 0 aliphatic rings. The predicted molar refractivity (Wildman–Crippen MR) is 118 cm³/mol. The lowest BCUT2D eigenvalue weighted by Gasteiger charge is -2.45. The average Bonchev–Trinajstić information content (AvgIpc) is 2.66. The Bertz CT molecular complexity index is 591. The molecule has 6 nitrogen and oxygen atoms in total. The Balaban J connectivity index is 3.01. The van der Waals surface area contributed by atoms with Crippen molar-refractivity contribution in [3.8, 4) is 5.75 Å². The van der Waals surface area contributed by atoms with Gasteiger partial charge in [0.05, 0.1) is 19.8 Å². The van der Waals surface area contributed by atoms with Gasteiger partial charge in [-0.2, -0.15) is 0 Å². The lowest BCUT2D eigenvalue weighted by molar-refractivity contribution is -0.157. The predicted octanol–water partition coefficient (Wildman–Crippen LogP) is 1.99. The molecule has 0 aliphatic heterocycles. The molecule has 2 N–H and O–H groups in total. The lowest BCUT2D eigenvalue weighted by atomic mass is 9.69. The van der Waals surface area contributed by atoms with Gasteiger partial charge in [0.25, 0.3) is 0 Å². The van der Waals surface area contributed by atoms with E-state index >= 15 is 0 Å². The topological polar surface area (TPSA) is 80.0 Å². The minimum absolute atomic E-state index is 0.144. The molecule has 0 aliphatic carbocycles. The Morgan fingerprint density at radius 2 is 1.64 bits per heavy atom. The Morgan fingerprint density at radius 3 is 2.07 bits per heavy atom. The molecular formula is C20H37NO5Si2. The number of nitrogens with two attached hydrogens (primary N) is 1. The van der Waals surface area contributed by atoms with E-state index in [2.05, 4.69) is 26.9 Å². The molecule has 28 heavy (non-hydrogen) atoms. The quantitative estimate of drug-likeness (QED) is 0.385. The SMILES string of the molecule is COc1ccc(CO[C@@H](C)[C@@H]([C@H](C)C(N)=O)C(C)(C)C(O[SiH2]C)O[SiH2]C)cc1. The maximum atomic E-state index is 12.1. The van der Waals surface area contributed by atoms with Crippen molar-refractivity contribution in [1.82, 2.24) is 0 Å². The summed E-state index contributed by atoms with van der Waals surface area (Å²) in [5, 5.41) is 0. The van der Waals surface area contributed by atoms with E-state index in [1.807, 2.05) is 38.1 Å². The van der Waals surface area contributed by atoms with Gasteiger partial charge in [-0.3, -0.25) is 4.79 Å². The van der Waals surface area contributed by atoms with Crippen molar-refractivity contribution in [3.05, 3.63) is 29.8 Å². The zero-order valence-electron chi connectivity index (χ0n) is 18.4. The molecule has 3 atom stereocenters. The molecule has 1 amide bonds. The van der Waals surface area contributed by atoms with E-state index in [9.17, 15) is 4.79 Å². The van der Waals surface area contributed by atoms with Crippen LogP contribution < -0.4 is 10.5 Å². The van der Waals surface area contributed by atoms with Gasteiger partial charge >= 0.3 is 0 Å². The summed E-state index contributed by atoms with van der Waals surface area (Å²) in [5.74, 6) is -0.0380. The highest BCUT2D eigenvalue weighted by atomic mass is 28.2. The van der Waals surface area contributed by atoms with Gasteiger partial charge in [-0.25, -0.2) is 0 Å². The molecule has 0 spiro atoms. The summed E-state index contributed by atoms with van der Waals surface area (Å²) >= 11 is 0.